The van der Waals surface area contributed by atoms with Crippen molar-refractivity contribution in [2.75, 3.05) is 12.4 Å². The van der Waals surface area contributed by atoms with Crippen LogP contribution in [0.25, 0.3) is 0 Å². The maximum Gasteiger partial charge on any atom is 0.244 e. The molecule has 2 atom stereocenters. The molecule has 0 radical (unpaired) electrons. The summed E-state index contributed by atoms with van der Waals surface area (Å²) in [6.45, 7) is 6.21. The molecular formula is C32H36FN5O4S. The van der Waals surface area contributed by atoms with Gasteiger partial charge in [-0.1, -0.05) is 18.2 Å². The molecule has 43 heavy (non-hydrogen) atoms. The van der Waals surface area contributed by atoms with Crippen molar-refractivity contribution in [3.05, 3.63) is 89.5 Å². The number of methoxy groups -OCH3 is 1. The van der Waals surface area contributed by atoms with Crippen molar-refractivity contribution in [2.24, 2.45) is 0 Å². The molecule has 0 amide bonds. The van der Waals surface area contributed by atoms with Crippen LogP contribution in [0.3, 0.4) is 0 Å². The molecule has 9 nitrogen and oxygen atoms in total. The lowest BCUT2D eigenvalue weighted by Crippen LogP contribution is -2.25. The second-order valence-corrected chi connectivity index (χ2v) is 14.0. The maximum absolute atomic E-state index is 16.0. The fourth-order valence-electron chi connectivity index (χ4n) is 5.81. The Bertz CT molecular complexity index is 1720. The number of sulfonamides is 1. The number of ether oxygens (including phenoxy) is 2. The van der Waals surface area contributed by atoms with E-state index in [1.165, 1.54) is 16.4 Å². The number of hydrogen-bond acceptors (Lipinski definition) is 7. The number of aromatic nitrogens is 3. The lowest BCUT2D eigenvalue weighted by molar-refractivity contribution is 0.199. The Hall–Kier alpha value is -3.96. The van der Waals surface area contributed by atoms with Crippen molar-refractivity contribution in [1.29, 1.82) is 0 Å². The summed E-state index contributed by atoms with van der Waals surface area (Å²) in [6, 6.07) is 17.7. The van der Waals surface area contributed by atoms with Crippen molar-refractivity contribution in [3.63, 3.8) is 0 Å². The van der Waals surface area contributed by atoms with Gasteiger partial charge in [0.15, 0.2) is 5.82 Å². The number of hydrogen-bond donors (Lipinski definition) is 1. The number of nitrogens with one attached hydrogen (secondary N) is 1. The van der Waals surface area contributed by atoms with Crippen LogP contribution < -0.4 is 14.8 Å². The van der Waals surface area contributed by atoms with E-state index in [2.05, 4.69) is 10.3 Å². The van der Waals surface area contributed by atoms with E-state index in [4.69, 9.17) is 14.6 Å². The number of pyridine rings is 1. The van der Waals surface area contributed by atoms with E-state index >= 15 is 4.39 Å². The molecule has 0 bridgehead atoms. The molecule has 6 rings (SSSR count). The van der Waals surface area contributed by atoms with Gasteiger partial charge in [-0.25, -0.2) is 22.5 Å². The first-order valence-corrected chi connectivity index (χ1v) is 15.9. The zero-order valence-electron chi connectivity index (χ0n) is 24.7. The summed E-state index contributed by atoms with van der Waals surface area (Å²) in [5.41, 5.74) is 1.69. The van der Waals surface area contributed by atoms with Gasteiger partial charge in [0.2, 0.25) is 15.9 Å². The van der Waals surface area contributed by atoms with Gasteiger partial charge in [-0.15, -0.1) is 0 Å². The number of anilines is 2. The SMILES string of the molecule is COc1ccc(CN2Cc3c(ccc(Nc4cc([C@H]5CC[C@@H](Oc6ccccn6)C5)nn4C(C)(C)C)c3F)S2(=O)=O)cc1. The molecule has 1 fully saturated rings. The van der Waals surface area contributed by atoms with Crippen molar-refractivity contribution >= 4 is 21.5 Å². The molecule has 1 saturated carbocycles. The van der Waals surface area contributed by atoms with Crippen molar-refractivity contribution < 1.29 is 22.3 Å². The normalized spacial score (nSPS) is 19.7. The number of rotatable bonds is 8. The third-order valence-electron chi connectivity index (χ3n) is 8.02. The molecule has 1 N–H and O–H groups in total. The molecule has 2 aliphatic rings. The van der Waals surface area contributed by atoms with Crippen LogP contribution in [0.15, 0.2) is 71.8 Å². The highest BCUT2D eigenvalue weighted by molar-refractivity contribution is 7.89. The lowest BCUT2D eigenvalue weighted by Gasteiger charge is -2.23. The maximum atomic E-state index is 16.0. The minimum absolute atomic E-state index is 0.000942. The monoisotopic (exact) mass is 605 g/mol. The predicted octanol–water partition coefficient (Wildman–Crippen LogP) is 6.34. The molecule has 3 heterocycles. The fourth-order valence-corrected chi connectivity index (χ4v) is 7.41. The molecule has 1 aliphatic heterocycles. The minimum Gasteiger partial charge on any atom is -0.497 e. The van der Waals surface area contributed by atoms with Crippen LogP contribution in [0.5, 0.6) is 11.6 Å². The van der Waals surface area contributed by atoms with E-state index in [1.54, 1.807) is 25.4 Å². The summed E-state index contributed by atoms with van der Waals surface area (Å²) in [5, 5.41) is 8.18. The van der Waals surface area contributed by atoms with E-state index in [1.807, 2.05) is 61.9 Å². The Balaban J connectivity index is 1.22. The highest BCUT2D eigenvalue weighted by Crippen LogP contribution is 2.40. The quantitative estimate of drug-likeness (QED) is 0.250. The van der Waals surface area contributed by atoms with Gasteiger partial charge in [-0.3, -0.25) is 0 Å². The summed E-state index contributed by atoms with van der Waals surface area (Å²) in [6.07, 6.45) is 4.40. The van der Waals surface area contributed by atoms with Gasteiger partial charge in [0, 0.05) is 42.9 Å². The topological polar surface area (TPSA) is 98.6 Å². The number of fused-ring (bicyclic) bond motifs is 1. The molecule has 0 spiro atoms. The van der Waals surface area contributed by atoms with Gasteiger partial charge in [-0.2, -0.15) is 9.40 Å². The first kappa shape index (κ1) is 29.1. The third-order valence-corrected chi connectivity index (χ3v) is 9.90. The third kappa shape index (κ3) is 5.83. The summed E-state index contributed by atoms with van der Waals surface area (Å²) in [7, 11) is -2.26. The van der Waals surface area contributed by atoms with Gasteiger partial charge < -0.3 is 14.8 Å². The largest absolute Gasteiger partial charge is 0.497 e. The predicted molar refractivity (Wildman–Crippen MR) is 162 cm³/mol. The summed E-state index contributed by atoms with van der Waals surface area (Å²) in [4.78, 5) is 4.28. The first-order valence-electron chi connectivity index (χ1n) is 14.4. The van der Waals surface area contributed by atoms with Crippen LogP contribution in [0.1, 0.15) is 62.8 Å². The Morgan fingerprint density at radius 2 is 1.86 bits per heavy atom. The summed E-state index contributed by atoms with van der Waals surface area (Å²) >= 11 is 0. The van der Waals surface area contributed by atoms with Crippen LogP contribution in [-0.4, -0.2) is 40.7 Å². The zero-order valence-corrected chi connectivity index (χ0v) is 25.6. The van der Waals surface area contributed by atoms with Gasteiger partial charge in [0.1, 0.15) is 17.7 Å². The summed E-state index contributed by atoms with van der Waals surface area (Å²) in [5.74, 6) is 1.56. The van der Waals surface area contributed by atoms with E-state index in [0.717, 1.165) is 30.5 Å². The molecule has 226 valence electrons. The van der Waals surface area contributed by atoms with Crippen molar-refractivity contribution in [3.8, 4) is 11.6 Å². The Morgan fingerprint density at radius 3 is 2.56 bits per heavy atom. The Labute approximate surface area is 251 Å². The van der Waals surface area contributed by atoms with Crippen LogP contribution >= 0.6 is 0 Å². The molecular weight excluding hydrogens is 569 g/mol. The molecule has 0 saturated heterocycles. The average Bonchev–Trinajstić information content (AvgIpc) is 3.68. The number of nitrogens with zero attached hydrogens (tertiary/aromatic N) is 4. The van der Waals surface area contributed by atoms with E-state index < -0.39 is 15.8 Å². The van der Waals surface area contributed by atoms with Crippen LogP contribution in [0.2, 0.25) is 0 Å². The van der Waals surface area contributed by atoms with E-state index in [9.17, 15) is 8.42 Å². The molecule has 1 aliphatic carbocycles. The van der Waals surface area contributed by atoms with Crippen LogP contribution in [0, 0.1) is 5.82 Å². The molecule has 2 aromatic heterocycles. The van der Waals surface area contributed by atoms with Gasteiger partial charge in [0.05, 0.1) is 28.9 Å². The van der Waals surface area contributed by atoms with E-state index in [-0.39, 0.29) is 46.8 Å². The van der Waals surface area contributed by atoms with Gasteiger partial charge >= 0.3 is 0 Å². The zero-order chi connectivity index (χ0) is 30.4. The molecule has 11 heteroatoms. The van der Waals surface area contributed by atoms with Gasteiger partial charge in [0.25, 0.3) is 0 Å². The van der Waals surface area contributed by atoms with E-state index in [0.29, 0.717) is 17.4 Å². The summed E-state index contributed by atoms with van der Waals surface area (Å²) < 4.78 is 57.0. The first-order chi connectivity index (χ1) is 20.5. The molecule has 2 aromatic carbocycles. The standard InChI is InChI=1S/C32H36FN5O4S/c1-32(2,3)38-29(18-27(36-38)22-10-13-24(17-22)42-30-7-5-6-16-34-30)35-26-14-15-28-25(31(26)33)20-37(43(28,39)40)19-21-8-11-23(41-4)12-9-21/h5-9,11-12,14-16,18,22,24,35H,10,13,17,19-20H2,1-4H3/t22-,24+/m0/s1. The smallest absolute Gasteiger partial charge is 0.244 e. The Morgan fingerprint density at radius 1 is 1.07 bits per heavy atom. The minimum atomic E-state index is -3.84. The number of halogens is 1. The molecule has 4 aromatic rings. The average molecular weight is 606 g/mol. The second kappa shape index (κ2) is 11.3. The van der Waals surface area contributed by atoms with Crippen LogP contribution in [-0.2, 0) is 28.7 Å². The number of benzene rings is 2. The molecule has 0 unspecified atom stereocenters. The highest BCUT2D eigenvalue weighted by atomic mass is 32.2. The lowest BCUT2D eigenvalue weighted by atomic mass is 10.0. The fraction of sp³-hybridized carbons (Fsp3) is 0.375. The second-order valence-electron chi connectivity index (χ2n) is 12.1. The highest BCUT2D eigenvalue weighted by Gasteiger charge is 2.38. The van der Waals surface area contributed by atoms with Crippen molar-refractivity contribution in [1.82, 2.24) is 19.1 Å². The van der Waals surface area contributed by atoms with Crippen molar-refractivity contribution in [2.45, 2.75) is 75.6 Å². The Kier molecular flexibility index (Phi) is 7.64. The van der Waals surface area contributed by atoms with Crippen LogP contribution in [0.4, 0.5) is 15.9 Å². The van der Waals surface area contributed by atoms with Gasteiger partial charge in [-0.05, 0) is 75.9 Å².